The number of carbonyl (C=O) groups is 2. The summed E-state index contributed by atoms with van der Waals surface area (Å²) in [5.41, 5.74) is 3.67. The molecule has 0 aliphatic carbocycles. The molecule has 5 nitrogen and oxygen atoms in total. The Labute approximate surface area is 171 Å². The quantitative estimate of drug-likeness (QED) is 0.627. The van der Waals surface area contributed by atoms with Gasteiger partial charge in [0.1, 0.15) is 0 Å². The lowest BCUT2D eigenvalue weighted by Crippen LogP contribution is -2.31. The topological polar surface area (TPSA) is 51.5 Å². The molecule has 0 bridgehead atoms. The number of benzene rings is 1. The number of aromatic nitrogens is 1. The van der Waals surface area contributed by atoms with Crippen molar-refractivity contribution in [3.05, 3.63) is 56.2 Å². The van der Waals surface area contributed by atoms with Gasteiger partial charge in [-0.3, -0.25) is 14.5 Å². The van der Waals surface area contributed by atoms with Gasteiger partial charge in [-0.05, 0) is 61.5 Å². The molecule has 8 heteroatoms. The van der Waals surface area contributed by atoms with E-state index in [1.807, 2.05) is 30.5 Å². The fourth-order valence-electron chi connectivity index (χ4n) is 2.97. The van der Waals surface area contributed by atoms with E-state index in [9.17, 15) is 9.59 Å². The largest absolute Gasteiger partial charge is 0.383 e. The molecular weight excluding hydrogens is 407 g/mol. The van der Waals surface area contributed by atoms with Crippen LogP contribution >= 0.6 is 35.0 Å². The minimum atomic E-state index is -0.290. The van der Waals surface area contributed by atoms with Crippen molar-refractivity contribution in [3.63, 3.8) is 0 Å². The van der Waals surface area contributed by atoms with Gasteiger partial charge in [-0.25, -0.2) is 0 Å². The number of amides is 2. The first kappa shape index (κ1) is 20.0. The van der Waals surface area contributed by atoms with Crippen molar-refractivity contribution in [1.29, 1.82) is 0 Å². The highest BCUT2D eigenvalue weighted by Crippen LogP contribution is 2.34. The molecule has 1 fully saturated rings. The van der Waals surface area contributed by atoms with E-state index < -0.39 is 0 Å². The van der Waals surface area contributed by atoms with Gasteiger partial charge in [0.15, 0.2) is 0 Å². The summed E-state index contributed by atoms with van der Waals surface area (Å²) in [5, 5.41) is 0.692. The Morgan fingerprint density at radius 1 is 1.15 bits per heavy atom. The zero-order valence-electron chi connectivity index (χ0n) is 15.1. The maximum Gasteiger partial charge on any atom is 0.293 e. The van der Waals surface area contributed by atoms with Crippen LogP contribution in [0.15, 0.2) is 29.2 Å². The van der Waals surface area contributed by atoms with Crippen molar-refractivity contribution in [2.24, 2.45) is 0 Å². The number of methoxy groups -OCH3 is 1. The van der Waals surface area contributed by atoms with Crippen LogP contribution in [-0.4, -0.2) is 40.9 Å². The van der Waals surface area contributed by atoms with Crippen molar-refractivity contribution < 1.29 is 14.3 Å². The summed E-state index contributed by atoms with van der Waals surface area (Å²) in [6.07, 6.45) is 1.76. The average Bonchev–Trinajstić information content (AvgIpc) is 3.05. The summed E-state index contributed by atoms with van der Waals surface area (Å²) in [5.74, 6) is -0.290. The lowest BCUT2D eigenvalue weighted by molar-refractivity contribution is -0.123. The van der Waals surface area contributed by atoms with Gasteiger partial charge in [-0.15, -0.1) is 0 Å². The second-order valence-electron chi connectivity index (χ2n) is 6.09. The van der Waals surface area contributed by atoms with Crippen LogP contribution in [-0.2, 0) is 9.53 Å². The first-order valence-corrected chi connectivity index (χ1v) is 9.79. The van der Waals surface area contributed by atoms with Gasteiger partial charge in [0, 0.05) is 24.2 Å². The highest BCUT2D eigenvalue weighted by molar-refractivity contribution is 8.18. The fraction of sp³-hybridized carbons (Fsp3) is 0.263. The second-order valence-corrected chi connectivity index (χ2v) is 7.89. The van der Waals surface area contributed by atoms with Crippen LogP contribution in [0.4, 0.5) is 4.79 Å². The van der Waals surface area contributed by atoms with Crippen LogP contribution < -0.4 is 0 Å². The number of rotatable bonds is 5. The highest BCUT2D eigenvalue weighted by Gasteiger charge is 2.34. The lowest BCUT2D eigenvalue weighted by atomic mass is 10.2. The molecule has 1 aliphatic heterocycles. The summed E-state index contributed by atoms with van der Waals surface area (Å²) < 4.78 is 6.99. The number of ether oxygens (including phenoxy) is 1. The van der Waals surface area contributed by atoms with Crippen LogP contribution in [0.25, 0.3) is 11.8 Å². The Hall–Kier alpha value is -1.73. The first-order valence-electron chi connectivity index (χ1n) is 8.22. The number of aryl methyl sites for hydroxylation is 1. The molecule has 2 amide bonds. The summed E-state index contributed by atoms with van der Waals surface area (Å²) in [7, 11) is 1.53. The van der Waals surface area contributed by atoms with Gasteiger partial charge >= 0.3 is 0 Å². The van der Waals surface area contributed by atoms with Gasteiger partial charge in [0.05, 0.1) is 28.1 Å². The highest BCUT2D eigenvalue weighted by atomic mass is 35.5. The van der Waals surface area contributed by atoms with Crippen molar-refractivity contribution in [3.8, 4) is 5.69 Å². The number of thioether (sulfide) groups is 1. The maximum atomic E-state index is 12.5. The number of carbonyl (C=O) groups excluding carboxylic acids is 2. The van der Waals surface area contributed by atoms with E-state index in [1.165, 1.54) is 12.0 Å². The van der Waals surface area contributed by atoms with Crippen molar-refractivity contribution in [2.45, 2.75) is 13.8 Å². The molecule has 27 heavy (non-hydrogen) atoms. The van der Waals surface area contributed by atoms with Gasteiger partial charge in [0.25, 0.3) is 11.1 Å². The summed E-state index contributed by atoms with van der Waals surface area (Å²) in [6.45, 7) is 4.49. The minimum absolute atomic E-state index is 0.251. The van der Waals surface area contributed by atoms with Crippen molar-refractivity contribution in [1.82, 2.24) is 9.47 Å². The van der Waals surface area contributed by atoms with E-state index in [0.717, 1.165) is 34.4 Å². The van der Waals surface area contributed by atoms with E-state index in [-0.39, 0.29) is 17.7 Å². The Morgan fingerprint density at radius 3 is 2.56 bits per heavy atom. The van der Waals surface area contributed by atoms with Gasteiger partial charge in [0.2, 0.25) is 0 Å². The third-order valence-corrected chi connectivity index (χ3v) is 5.96. The summed E-state index contributed by atoms with van der Waals surface area (Å²) in [6, 6.07) is 7.41. The van der Waals surface area contributed by atoms with Crippen molar-refractivity contribution in [2.75, 3.05) is 20.3 Å². The van der Waals surface area contributed by atoms with E-state index in [2.05, 4.69) is 0 Å². The molecule has 0 saturated carbocycles. The second kappa shape index (κ2) is 8.10. The monoisotopic (exact) mass is 424 g/mol. The molecule has 0 unspecified atom stereocenters. The normalized spacial score (nSPS) is 16.0. The van der Waals surface area contributed by atoms with E-state index in [4.69, 9.17) is 27.9 Å². The Bertz CT molecular complexity index is 953. The Morgan fingerprint density at radius 2 is 1.89 bits per heavy atom. The smallest absolute Gasteiger partial charge is 0.293 e. The molecule has 2 aromatic rings. The molecule has 0 N–H and O–H groups in total. The number of hydrogen-bond donors (Lipinski definition) is 0. The fourth-order valence-corrected chi connectivity index (χ4v) is 4.12. The number of nitrogens with zero attached hydrogens (tertiary/aromatic N) is 2. The van der Waals surface area contributed by atoms with Crippen LogP contribution in [0.5, 0.6) is 0 Å². The Balaban J connectivity index is 1.95. The molecule has 3 rings (SSSR count). The molecule has 1 aliphatic rings. The summed E-state index contributed by atoms with van der Waals surface area (Å²) in [4.78, 5) is 26.2. The molecule has 1 aromatic heterocycles. The van der Waals surface area contributed by atoms with Gasteiger partial charge in [-0.1, -0.05) is 23.2 Å². The minimum Gasteiger partial charge on any atom is -0.383 e. The molecule has 0 spiro atoms. The maximum absolute atomic E-state index is 12.5. The standard InChI is InChI=1S/C19H18Cl2N2O3S/c1-11-8-13(9-17-18(24)22(6-7-26-3)19(25)27-17)12(2)23(11)14-4-5-15(20)16(21)10-14/h4-5,8-10H,6-7H2,1-3H3/b17-9-. The lowest BCUT2D eigenvalue weighted by Gasteiger charge is -2.11. The molecule has 1 aromatic carbocycles. The van der Waals surface area contributed by atoms with Gasteiger partial charge in [-0.2, -0.15) is 0 Å². The van der Waals surface area contributed by atoms with E-state index >= 15 is 0 Å². The predicted molar refractivity (Wildman–Crippen MR) is 110 cm³/mol. The SMILES string of the molecule is COCCN1C(=O)S/C(=C\c2cc(C)n(-c3ccc(Cl)c(Cl)c3)c2C)C1=O. The zero-order chi connectivity index (χ0) is 19.7. The van der Waals surface area contributed by atoms with Crippen LogP contribution in [0.3, 0.4) is 0 Å². The third-order valence-electron chi connectivity index (χ3n) is 4.31. The van der Waals surface area contributed by atoms with Crippen LogP contribution in [0.1, 0.15) is 17.0 Å². The average molecular weight is 425 g/mol. The van der Waals surface area contributed by atoms with Crippen molar-refractivity contribution >= 4 is 52.2 Å². The van der Waals surface area contributed by atoms with Crippen LogP contribution in [0, 0.1) is 13.8 Å². The van der Waals surface area contributed by atoms with Crippen LogP contribution in [0.2, 0.25) is 10.0 Å². The number of halogens is 2. The predicted octanol–water partition coefficient (Wildman–Crippen LogP) is 5.08. The molecular formula is C19H18Cl2N2O3S. The molecule has 0 atom stereocenters. The van der Waals surface area contributed by atoms with Gasteiger partial charge < -0.3 is 9.30 Å². The molecule has 1 saturated heterocycles. The third kappa shape index (κ3) is 3.94. The van der Waals surface area contributed by atoms with E-state index in [1.54, 1.807) is 18.2 Å². The zero-order valence-corrected chi connectivity index (χ0v) is 17.4. The summed E-state index contributed by atoms with van der Waals surface area (Å²) >= 11 is 13.1. The Kier molecular flexibility index (Phi) is 6.01. The number of imide groups is 1. The molecule has 0 radical (unpaired) electrons. The number of hydrogen-bond acceptors (Lipinski definition) is 4. The van der Waals surface area contributed by atoms with E-state index in [0.29, 0.717) is 21.6 Å². The molecule has 142 valence electrons. The first-order chi connectivity index (χ1) is 12.8. The molecule has 2 heterocycles.